The Kier molecular flexibility index (Phi) is 2.93. The van der Waals surface area contributed by atoms with Gasteiger partial charge >= 0.3 is 0 Å². The predicted octanol–water partition coefficient (Wildman–Crippen LogP) is 3.16. The summed E-state index contributed by atoms with van der Waals surface area (Å²) < 4.78 is 0. The van der Waals surface area contributed by atoms with Crippen molar-refractivity contribution < 1.29 is 0 Å². The lowest BCUT2D eigenvalue weighted by Crippen LogP contribution is -2.41. The second-order valence-corrected chi connectivity index (χ2v) is 4.84. The van der Waals surface area contributed by atoms with E-state index in [1.807, 2.05) is 0 Å². The Morgan fingerprint density at radius 3 is 2.56 bits per heavy atom. The molecule has 1 atom stereocenters. The molecule has 2 aromatic carbocycles. The Hall–Kier alpha value is -1.96. The van der Waals surface area contributed by atoms with E-state index < -0.39 is 0 Å². The first-order valence-electron chi connectivity index (χ1n) is 6.44. The number of likely N-dealkylation sites (N-methyl/N-ethyl adjacent to an activating group) is 1. The smallest absolute Gasteiger partial charge is 0.0500 e. The first-order chi connectivity index (χ1) is 8.84. The zero-order chi connectivity index (χ0) is 12.4. The van der Waals surface area contributed by atoms with E-state index in [2.05, 4.69) is 71.9 Å². The maximum absolute atomic E-state index is 3.52. The molecule has 1 unspecified atom stereocenters. The molecule has 92 valence electrons. The highest BCUT2D eigenvalue weighted by molar-refractivity contribution is 5.56. The molecule has 0 saturated heterocycles. The van der Waals surface area contributed by atoms with Gasteiger partial charge < -0.3 is 10.2 Å². The number of para-hydroxylation sites is 2. The molecular formula is C16H18N2. The largest absolute Gasteiger partial charge is 0.383 e. The van der Waals surface area contributed by atoms with Crippen LogP contribution < -0.4 is 10.2 Å². The molecule has 0 spiro atoms. The molecule has 2 nitrogen and oxygen atoms in total. The van der Waals surface area contributed by atoms with Crippen LogP contribution in [0.5, 0.6) is 0 Å². The molecule has 1 aliphatic heterocycles. The minimum absolute atomic E-state index is 0.516. The van der Waals surface area contributed by atoms with Crippen molar-refractivity contribution in [1.82, 2.24) is 0 Å². The van der Waals surface area contributed by atoms with Gasteiger partial charge in [0.2, 0.25) is 0 Å². The summed E-state index contributed by atoms with van der Waals surface area (Å²) in [6, 6.07) is 19.7. The summed E-state index contributed by atoms with van der Waals surface area (Å²) >= 11 is 0. The van der Waals surface area contributed by atoms with E-state index in [-0.39, 0.29) is 0 Å². The van der Waals surface area contributed by atoms with E-state index in [0.717, 1.165) is 13.0 Å². The Labute approximate surface area is 108 Å². The zero-order valence-corrected chi connectivity index (χ0v) is 10.6. The van der Waals surface area contributed by atoms with Crippen molar-refractivity contribution in [1.29, 1.82) is 0 Å². The van der Waals surface area contributed by atoms with E-state index in [4.69, 9.17) is 0 Å². The fraction of sp³-hybridized carbons (Fsp3) is 0.250. The lowest BCUT2D eigenvalue weighted by molar-refractivity contribution is 0.636. The van der Waals surface area contributed by atoms with Crippen molar-refractivity contribution in [2.45, 2.75) is 12.5 Å². The van der Waals surface area contributed by atoms with E-state index >= 15 is 0 Å². The molecule has 18 heavy (non-hydrogen) atoms. The highest BCUT2D eigenvalue weighted by atomic mass is 15.2. The van der Waals surface area contributed by atoms with Gasteiger partial charge in [-0.2, -0.15) is 0 Å². The van der Waals surface area contributed by atoms with Crippen molar-refractivity contribution in [3.05, 3.63) is 60.2 Å². The number of anilines is 2. The predicted molar refractivity (Wildman–Crippen MR) is 77.3 cm³/mol. The minimum atomic E-state index is 0.516. The van der Waals surface area contributed by atoms with Crippen LogP contribution in [0.1, 0.15) is 5.56 Å². The number of nitrogens with zero attached hydrogens (tertiary/aromatic N) is 1. The average Bonchev–Trinajstić information content (AvgIpc) is 2.47. The van der Waals surface area contributed by atoms with Crippen molar-refractivity contribution >= 4 is 11.4 Å². The molecule has 0 amide bonds. The number of nitrogens with one attached hydrogen (secondary N) is 1. The molecule has 0 fully saturated rings. The van der Waals surface area contributed by atoms with Crippen molar-refractivity contribution in [2.24, 2.45) is 0 Å². The van der Waals surface area contributed by atoms with Gasteiger partial charge in [0.25, 0.3) is 0 Å². The first kappa shape index (κ1) is 11.1. The molecular weight excluding hydrogens is 220 g/mol. The second-order valence-electron chi connectivity index (χ2n) is 4.84. The number of rotatable bonds is 2. The van der Waals surface area contributed by atoms with Crippen molar-refractivity contribution in [3.8, 4) is 0 Å². The van der Waals surface area contributed by atoms with Gasteiger partial charge in [-0.25, -0.2) is 0 Å². The highest BCUT2D eigenvalue weighted by Gasteiger charge is 2.21. The summed E-state index contributed by atoms with van der Waals surface area (Å²) in [7, 11) is 2.18. The molecule has 1 aliphatic rings. The molecule has 2 aromatic rings. The Morgan fingerprint density at radius 2 is 1.72 bits per heavy atom. The molecule has 1 N–H and O–H groups in total. The minimum Gasteiger partial charge on any atom is -0.383 e. The van der Waals surface area contributed by atoms with Gasteiger partial charge in [-0.15, -0.1) is 0 Å². The van der Waals surface area contributed by atoms with Gasteiger partial charge in [0.1, 0.15) is 0 Å². The van der Waals surface area contributed by atoms with Gasteiger partial charge in [0.05, 0.1) is 0 Å². The molecule has 0 aliphatic carbocycles. The van der Waals surface area contributed by atoms with Crippen molar-refractivity contribution in [2.75, 3.05) is 23.8 Å². The lowest BCUT2D eigenvalue weighted by atomic mass is 9.98. The third-order valence-electron chi connectivity index (χ3n) is 3.71. The molecule has 0 aromatic heterocycles. The number of fused-ring (bicyclic) bond motifs is 1. The van der Waals surface area contributed by atoms with Crippen molar-refractivity contribution in [3.63, 3.8) is 0 Å². The summed E-state index contributed by atoms with van der Waals surface area (Å²) in [5, 5.41) is 3.52. The summed E-state index contributed by atoms with van der Waals surface area (Å²) in [4.78, 5) is 2.36. The maximum Gasteiger partial charge on any atom is 0.0500 e. The summed E-state index contributed by atoms with van der Waals surface area (Å²) in [5.41, 5.74) is 3.98. The van der Waals surface area contributed by atoms with Crippen LogP contribution in [0, 0.1) is 0 Å². The number of hydrogen-bond acceptors (Lipinski definition) is 2. The van der Waals surface area contributed by atoms with Crippen LogP contribution in [0.3, 0.4) is 0 Å². The Morgan fingerprint density at radius 1 is 1.00 bits per heavy atom. The molecule has 1 heterocycles. The Bertz CT molecular complexity index is 522. The quantitative estimate of drug-likeness (QED) is 0.864. The van der Waals surface area contributed by atoms with Crippen LogP contribution in [-0.2, 0) is 6.42 Å². The van der Waals surface area contributed by atoms with Gasteiger partial charge in [0.15, 0.2) is 0 Å². The van der Waals surface area contributed by atoms with Crippen LogP contribution in [0.2, 0.25) is 0 Å². The van der Waals surface area contributed by atoms with Crippen LogP contribution in [0.4, 0.5) is 11.4 Å². The van der Waals surface area contributed by atoms with E-state index in [0.29, 0.717) is 6.04 Å². The van der Waals surface area contributed by atoms with E-state index in [1.54, 1.807) is 0 Å². The van der Waals surface area contributed by atoms with Crippen LogP contribution in [0.15, 0.2) is 54.6 Å². The fourth-order valence-corrected chi connectivity index (χ4v) is 2.57. The standard InChI is InChI=1S/C16H18N2/c1-18(14-8-3-2-4-9-14)15-11-13-7-5-6-10-16(13)17-12-15/h2-10,15,17H,11-12H2,1H3. The maximum atomic E-state index is 3.52. The van der Waals surface area contributed by atoms with E-state index in [9.17, 15) is 0 Å². The highest BCUT2D eigenvalue weighted by Crippen LogP contribution is 2.25. The number of benzene rings is 2. The monoisotopic (exact) mass is 238 g/mol. The van der Waals surface area contributed by atoms with E-state index in [1.165, 1.54) is 16.9 Å². The SMILES string of the molecule is CN(c1ccccc1)C1CNc2ccccc2C1. The molecule has 0 bridgehead atoms. The third-order valence-corrected chi connectivity index (χ3v) is 3.71. The summed E-state index contributed by atoms with van der Waals surface area (Å²) in [6.45, 7) is 1.00. The van der Waals surface area contributed by atoms with Gasteiger partial charge in [-0.05, 0) is 30.2 Å². The normalized spacial score (nSPS) is 17.7. The zero-order valence-electron chi connectivity index (χ0n) is 10.6. The summed E-state index contributed by atoms with van der Waals surface area (Å²) in [6.07, 6.45) is 1.11. The van der Waals surface area contributed by atoms with Crippen LogP contribution >= 0.6 is 0 Å². The molecule has 2 heteroatoms. The molecule has 0 saturated carbocycles. The average molecular weight is 238 g/mol. The fourth-order valence-electron chi connectivity index (χ4n) is 2.57. The first-order valence-corrected chi connectivity index (χ1v) is 6.44. The lowest BCUT2D eigenvalue weighted by Gasteiger charge is -2.34. The number of hydrogen-bond donors (Lipinski definition) is 1. The molecule has 3 rings (SSSR count). The van der Waals surface area contributed by atoms with Crippen LogP contribution in [-0.4, -0.2) is 19.6 Å². The van der Waals surface area contributed by atoms with Gasteiger partial charge in [0, 0.05) is 31.0 Å². The van der Waals surface area contributed by atoms with Crippen LogP contribution in [0.25, 0.3) is 0 Å². The second kappa shape index (κ2) is 4.73. The van der Waals surface area contributed by atoms with Gasteiger partial charge in [-0.1, -0.05) is 36.4 Å². The topological polar surface area (TPSA) is 15.3 Å². The Balaban J connectivity index is 1.80. The van der Waals surface area contributed by atoms with Gasteiger partial charge in [-0.3, -0.25) is 0 Å². The third kappa shape index (κ3) is 2.06. The molecule has 0 radical (unpaired) electrons. The summed E-state index contributed by atoms with van der Waals surface area (Å²) in [5.74, 6) is 0.